The first-order chi connectivity index (χ1) is 7.64. The summed E-state index contributed by atoms with van der Waals surface area (Å²) in [5.74, 6) is 0.653. The van der Waals surface area contributed by atoms with Crippen molar-refractivity contribution in [2.45, 2.75) is 51.6 Å². The molecule has 1 fully saturated rings. The highest BCUT2D eigenvalue weighted by atomic mass is 16.3. The fourth-order valence-corrected chi connectivity index (χ4v) is 2.83. The van der Waals surface area contributed by atoms with E-state index in [1.807, 2.05) is 0 Å². The second-order valence-electron chi connectivity index (χ2n) is 5.33. The van der Waals surface area contributed by atoms with Crippen LogP contribution in [0.3, 0.4) is 0 Å². The van der Waals surface area contributed by atoms with Gasteiger partial charge in [-0.05, 0) is 42.7 Å². The highest BCUT2D eigenvalue weighted by molar-refractivity contribution is 5.29. The SMILES string of the molecule is CCCc1cccc(C2(O)CCC(C)C2)c1. The Kier molecular flexibility index (Phi) is 3.34. The summed E-state index contributed by atoms with van der Waals surface area (Å²) in [6.07, 6.45) is 5.26. The number of hydrogen-bond acceptors (Lipinski definition) is 1. The van der Waals surface area contributed by atoms with Gasteiger partial charge in [-0.2, -0.15) is 0 Å². The highest BCUT2D eigenvalue weighted by Crippen LogP contribution is 2.41. The van der Waals surface area contributed by atoms with E-state index in [-0.39, 0.29) is 0 Å². The summed E-state index contributed by atoms with van der Waals surface area (Å²) < 4.78 is 0. The Morgan fingerprint density at radius 1 is 1.44 bits per heavy atom. The van der Waals surface area contributed by atoms with E-state index in [0.717, 1.165) is 37.7 Å². The highest BCUT2D eigenvalue weighted by Gasteiger charge is 2.36. The van der Waals surface area contributed by atoms with E-state index in [1.165, 1.54) is 5.56 Å². The molecule has 88 valence electrons. The Morgan fingerprint density at radius 2 is 2.25 bits per heavy atom. The average molecular weight is 218 g/mol. The molecule has 1 aliphatic rings. The predicted octanol–water partition coefficient (Wildman–Crippen LogP) is 3.65. The zero-order chi connectivity index (χ0) is 11.6. The van der Waals surface area contributed by atoms with E-state index in [2.05, 4.69) is 38.1 Å². The molecule has 2 rings (SSSR count). The minimum Gasteiger partial charge on any atom is -0.385 e. The number of aryl methyl sites for hydroxylation is 1. The van der Waals surface area contributed by atoms with Crippen LogP contribution in [0.25, 0.3) is 0 Å². The number of aliphatic hydroxyl groups is 1. The molecular formula is C15H22O. The molecule has 1 aromatic rings. The molecule has 0 heterocycles. The van der Waals surface area contributed by atoms with Gasteiger partial charge in [0.25, 0.3) is 0 Å². The molecule has 1 aliphatic carbocycles. The summed E-state index contributed by atoms with van der Waals surface area (Å²) in [4.78, 5) is 0. The summed E-state index contributed by atoms with van der Waals surface area (Å²) in [5, 5.41) is 10.6. The number of hydrogen-bond donors (Lipinski definition) is 1. The van der Waals surface area contributed by atoms with Crippen molar-refractivity contribution in [1.29, 1.82) is 0 Å². The quantitative estimate of drug-likeness (QED) is 0.821. The van der Waals surface area contributed by atoms with Crippen LogP contribution in [0.15, 0.2) is 24.3 Å². The fourth-order valence-electron chi connectivity index (χ4n) is 2.83. The zero-order valence-corrected chi connectivity index (χ0v) is 10.4. The van der Waals surface area contributed by atoms with E-state index >= 15 is 0 Å². The van der Waals surface area contributed by atoms with E-state index in [4.69, 9.17) is 0 Å². The molecule has 0 radical (unpaired) electrons. The molecular weight excluding hydrogens is 196 g/mol. The summed E-state index contributed by atoms with van der Waals surface area (Å²) in [5.41, 5.74) is 1.93. The topological polar surface area (TPSA) is 20.2 Å². The molecule has 1 nitrogen and oxygen atoms in total. The Balaban J connectivity index is 2.22. The minimum absolute atomic E-state index is 0.552. The van der Waals surface area contributed by atoms with Crippen LogP contribution in [0, 0.1) is 5.92 Å². The smallest absolute Gasteiger partial charge is 0.0899 e. The molecule has 2 atom stereocenters. The van der Waals surface area contributed by atoms with Crippen molar-refractivity contribution in [2.75, 3.05) is 0 Å². The molecule has 1 heteroatoms. The van der Waals surface area contributed by atoms with Crippen LogP contribution in [0.4, 0.5) is 0 Å². The van der Waals surface area contributed by atoms with Gasteiger partial charge >= 0.3 is 0 Å². The lowest BCUT2D eigenvalue weighted by molar-refractivity contribution is 0.0407. The maximum absolute atomic E-state index is 10.6. The largest absolute Gasteiger partial charge is 0.385 e. The summed E-state index contributed by atoms with van der Waals surface area (Å²) in [6, 6.07) is 8.52. The Bertz CT molecular complexity index is 358. The van der Waals surface area contributed by atoms with E-state index < -0.39 is 5.60 Å². The fraction of sp³-hybridized carbons (Fsp3) is 0.600. The Morgan fingerprint density at radius 3 is 2.88 bits per heavy atom. The van der Waals surface area contributed by atoms with Gasteiger partial charge in [-0.15, -0.1) is 0 Å². The first-order valence-corrected chi connectivity index (χ1v) is 6.46. The van der Waals surface area contributed by atoms with Crippen molar-refractivity contribution in [3.05, 3.63) is 35.4 Å². The van der Waals surface area contributed by atoms with Crippen LogP contribution < -0.4 is 0 Å². The normalized spacial score (nSPS) is 29.6. The van der Waals surface area contributed by atoms with E-state index in [1.54, 1.807) is 0 Å². The first kappa shape index (κ1) is 11.7. The molecule has 2 unspecified atom stereocenters. The molecule has 0 amide bonds. The third-order valence-corrected chi connectivity index (χ3v) is 3.74. The van der Waals surface area contributed by atoms with E-state index in [9.17, 15) is 5.11 Å². The van der Waals surface area contributed by atoms with Crippen molar-refractivity contribution in [3.8, 4) is 0 Å². The summed E-state index contributed by atoms with van der Waals surface area (Å²) in [6.45, 7) is 4.42. The van der Waals surface area contributed by atoms with Gasteiger partial charge in [-0.3, -0.25) is 0 Å². The minimum atomic E-state index is -0.552. The Hall–Kier alpha value is -0.820. The van der Waals surface area contributed by atoms with Gasteiger partial charge in [0.1, 0.15) is 0 Å². The summed E-state index contributed by atoms with van der Waals surface area (Å²) in [7, 11) is 0. The summed E-state index contributed by atoms with van der Waals surface area (Å²) >= 11 is 0. The standard InChI is InChI=1S/C15H22O/c1-3-5-13-6-4-7-14(10-13)15(16)9-8-12(2)11-15/h4,6-7,10,12,16H,3,5,8-9,11H2,1-2H3. The van der Waals surface area contributed by atoms with Crippen LogP contribution >= 0.6 is 0 Å². The van der Waals surface area contributed by atoms with Crippen molar-refractivity contribution in [3.63, 3.8) is 0 Å². The lowest BCUT2D eigenvalue weighted by atomic mass is 9.89. The molecule has 0 saturated heterocycles. The Labute approximate surface area is 98.5 Å². The second-order valence-corrected chi connectivity index (χ2v) is 5.33. The van der Waals surface area contributed by atoms with Crippen LogP contribution in [0.1, 0.15) is 50.7 Å². The van der Waals surface area contributed by atoms with Crippen molar-refractivity contribution < 1.29 is 5.11 Å². The second kappa shape index (κ2) is 4.58. The van der Waals surface area contributed by atoms with Crippen LogP contribution in [-0.2, 0) is 12.0 Å². The number of rotatable bonds is 3. The molecule has 0 aromatic heterocycles. The third-order valence-electron chi connectivity index (χ3n) is 3.74. The first-order valence-electron chi connectivity index (χ1n) is 6.46. The average Bonchev–Trinajstić information content (AvgIpc) is 2.61. The van der Waals surface area contributed by atoms with Gasteiger partial charge in [-0.25, -0.2) is 0 Å². The van der Waals surface area contributed by atoms with Crippen LogP contribution in [0.2, 0.25) is 0 Å². The molecule has 1 aromatic carbocycles. The lowest BCUT2D eigenvalue weighted by Crippen LogP contribution is -2.21. The predicted molar refractivity (Wildman–Crippen MR) is 67.3 cm³/mol. The number of benzene rings is 1. The van der Waals surface area contributed by atoms with Crippen molar-refractivity contribution >= 4 is 0 Å². The van der Waals surface area contributed by atoms with Crippen molar-refractivity contribution in [1.82, 2.24) is 0 Å². The van der Waals surface area contributed by atoms with Gasteiger partial charge < -0.3 is 5.11 Å². The van der Waals surface area contributed by atoms with Gasteiger partial charge in [0.2, 0.25) is 0 Å². The van der Waals surface area contributed by atoms with Gasteiger partial charge in [0.15, 0.2) is 0 Å². The third kappa shape index (κ3) is 2.30. The lowest BCUT2D eigenvalue weighted by Gasteiger charge is -2.23. The molecule has 16 heavy (non-hydrogen) atoms. The maximum atomic E-state index is 10.6. The van der Waals surface area contributed by atoms with Crippen molar-refractivity contribution in [2.24, 2.45) is 5.92 Å². The van der Waals surface area contributed by atoms with Crippen LogP contribution in [0.5, 0.6) is 0 Å². The van der Waals surface area contributed by atoms with E-state index in [0.29, 0.717) is 5.92 Å². The monoisotopic (exact) mass is 218 g/mol. The van der Waals surface area contributed by atoms with Gasteiger partial charge in [-0.1, -0.05) is 44.5 Å². The molecule has 0 aliphatic heterocycles. The van der Waals surface area contributed by atoms with Gasteiger partial charge in [0.05, 0.1) is 5.60 Å². The van der Waals surface area contributed by atoms with Gasteiger partial charge in [0, 0.05) is 0 Å². The zero-order valence-electron chi connectivity index (χ0n) is 10.4. The molecule has 0 bridgehead atoms. The molecule has 0 spiro atoms. The maximum Gasteiger partial charge on any atom is 0.0899 e. The molecule has 1 saturated carbocycles. The van der Waals surface area contributed by atoms with Crippen LogP contribution in [-0.4, -0.2) is 5.11 Å². The molecule has 1 N–H and O–H groups in total.